The molecule has 144 valence electrons. The van der Waals surface area contributed by atoms with Crippen molar-refractivity contribution in [3.05, 3.63) is 45.9 Å². The molecule has 2 aliphatic rings. The summed E-state index contributed by atoms with van der Waals surface area (Å²) in [6, 6.07) is 6.92. The fourth-order valence-corrected chi connectivity index (χ4v) is 5.73. The maximum atomic E-state index is 12.8. The zero-order chi connectivity index (χ0) is 19.0. The monoisotopic (exact) mass is 405 g/mol. The SMILES string of the molecule is Cc1ccc(S(=O)(=O)N2CCC(NC(=O)c3cnc(C4CC4)s3)CC2)cc1. The van der Waals surface area contributed by atoms with Gasteiger partial charge in [-0.25, -0.2) is 13.4 Å². The van der Waals surface area contributed by atoms with E-state index < -0.39 is 10.0 Å². The molecule has 0 unspecified atom stereocenters. The van der Waals surface area contributed by atoms with Crippen LogP contribution in [0.2, 0.25) is 0 Å². The van der Waals surface area contributed by atoms with E-state index in [-0.39, 0.29) is 11.9 Å². The van der Waals surface area contributed by atoms with Crippen LogP contribution in [0.25, 0.3) is 0 Å². The molecule has 1 aromatic carbocycles. The van der Waals surface area contributed by atoms with Gasteiger partial charge in [0.2, 0.25) is 10.0 Å². The minimum Gasteiger partial charge on any atom is -0.348 e. The zero-order valence-electron chi connectivity index (χ0n) is 15.2. The highest BCUT2D eigenvalue weighted by Gasteiger charge is 2.31. The minimum absolute atomic E-state index is 0.00607. The predicted octanol–water partition coefficient (Wildman–Crippen LogP) is 2.91. The molecule has 1 aromatic heterocycles. The number of aromatic nitrogens is 1. The summed E-state index contributed by atoms with van der Waals surface area (Å²) >= 11 is 1.47. The van der Waals surface area contributed by atoms with E-state index in [1.807, 2.05) is 19.1 Å². The number of hydrogen-bond donors (Lipinski definition) is 1. The topological polar surface area (TPSA) is 79.4 Å². The van der Waals surface area contributed by atoms with Crippen LogP contribution in [0.4, 0.5) is 0 Å². The van der Waals surface area contributed by atoms with Crippen molar-refractivity contribution in [3.8, 4) is 0 Å². The quantitative estimate of drug-likeness (QED) is 0.830. The van der Waals surface area contributed by atoms with Crippen molar-refractivity contribution in [1.82, 2.24) is 14.6 Å². The molecule has 2 heterocycles. The van der Waals surface area contributed by atoms with Crippen LogP contribution in [0.3, 0.4) is 0 Å². The summed E-state index contributed by atoms with van der Waals surface area (Å²) in [5.74, 6) is 0.450. The first-order valence-corrected chi connectivity index (χ1v) is 11.5. The van der Waals surface area contributed by atoms with Crippen molar-refractivity contribution in [2.45, 2.75) is 49.5 Å². The molecule has 0 radical (unpaired) electrons. The number of piperidine rings is 1. The Kier molecular flexibility index (Phi) is 5.05. The van der Waals surface area contributed by atoms with Gasteiger partial charge in [-0.3, -0.25) is 4.79 Å². The van der Waals surface area contributed by atoms with Crippen molar-refractivity contribution in [3.63, 3.8) is 0 Å². The third-order valence-corrected chi connectivity index (χ3v) is 8.19. The van der Waals surface area contributed by atoms with Crippen LogP contribution in [0, 0.1) is 6.92 Å². The summed E-state index contributed by atoms with van der Waals surface area (Å²) in [7, 11) is -3.47. The van der Waals surface area contributed by atoms with Gasteiger partial charge in [-0.1, -0.05) is 17.7 Å². The molecule has 1 amide bonds. The number of hydrogen-bond acceptors (Lipinski definition) is 5. The van der Waals surface area contributed by atoms with Gasteiger partial charge in [-0.2, -0.15) is 4.31 Å². The number of carbonyl (C=O) groups excluding carboxylic acids is 1. The van der Waals surface area contributed by atoms with Gasteiger partial charge in [0.25, 0.3) is 5.91 Å². The lowest BCUT2D eigenvalue weighted by Gasteiger charge is -2.31. The summed E-state index contributed by atoms with van der Waals surface area (Å²) in [5, 5.41) is 4.09. The number of carbonyl (C=O) groups is 1. The average Bonchev–Trinajstić information content (AvgIpc) is 3.39. The Bertz CT molecular complexity index is 925. The lowest BCUT2D eigenvalue weighted by Crippen LogP contribution is -2.46. The third kappa shape index (κ3) is 4.07. The van der Waals surface area contributed by atoms with Crippen LogP contribution >= 0.6 is 11.3 Å². The molecule has 1 saturated carbocycles. The third-order valence-electron chi connectivity index (χ3n) is 5.12. The van der Waals surface area contributed by atoms with Gasteiger partial charge in [0.15, 0.2) is 0 Å². The van der Waals surface area contributed by atoms with E-state index in [9.17, 15) is 13.2 Å². The number of amides is 1. The van der Waals surface area contributed by atoms with Crippen LogP contribution in [0.1, 0.15) is 51.8 Å². The van der Waals surface area contributed by atoms with E-state index >= 15 is 0 Å². The van der Waals surface area contributed by atoms with Gasteiger partial charge in [0, 0.05) is 25.0 Å². The Labute approximate surface area is 163 Å². The predicted molar refractivity (Wildman–Crippen MR) is 105 cm³/mol. The number of thiazole rings is 1. The van der Waals surface area contributed by atoms with E-state index in [0.717, 1.165) is 10.6 Å². The molecule has 1 aliphatic carbocycles. The highest BCUT2D eigenvalue weighted by atomic mass is 32.2. The Morgan fingerprint density at radius 2 is 1.81 bits per heavy atom. The van der Waals surface area contributed by atoms with Gasteiger partial charge in [-0.05, 0) is 44.7 Å². The molecule has 4 rings (SSSR count). The molecule has 2 aromatic rings. The van der Waals surface area contributed by atoms with E-state index in [1.165, 1.54) is 28.5 Å². The van der Waals surface area contributed by atoms with Gasteiger partial charge >= 0.3 is 0 Å². The molecule has 1 saturated heterocycles. The standard InChI is InChI=1S/C19H23N3O3S2/c1-13-2-6-16(7-3-13)27(24,25)22-10-8-15(9-11-22)21-18(23)17-12-20-19(26-17)14-4-5-14/h2-3,6-7,12,14-15H,4-5,8-11H2,1H3,(H,21,23). The van der Waals surface area contributed by atoms with Crippen molar-refractivity contribution in [2.75, 3.05) is 13.1 Å². The van der Waals surface area contributed by atoms with Gasteiger partial charge in [0.1, 0.15) is 4.88 Å². The van der Waals surface area contributed by atoms with Gasteiger partial charge in [0.05, 0.1) is 16.1 Å². The first kappa shape index (κ1) is 18.6. The van der Waals surface area contributed by atoms with Crippen molar-refractivity contribution >= 4 is 27.3 Å². The van der Waals surface area contributed by atoms with E-state index in [0.29, 0.717) is 41.6 Å². The number of nitrogens with zero attached hydrogens (tertiary/aromatic N) is 2. The Morgan fingerprint density at radius 1 is 1.15 bits per heavy atom. The second-order valence-corrected chi connectivity index (χ2v) is 10.3. The smallest absolute Gasteiger partial charge is 0.263 e. The summed E-state index contributed by atoms with van der Waals surface area (Å²) < 4.78 is 27.0. The lowest BCUT2D eigenvalue weighted by atomic mass is 10.1. The summed E-state index contributed by atoms with van der Waals surface area (Å²) in [5.41, 5.74) is 1.03. The molecular weight excluding hydrogens is 382 g/mol. The fourth-order valence-electron chi connectivity index (χ4n) is 3.27. The van der Waals surface area contributed by atoms with Crippen LogP contribution in [-0.4, -0.2) is 42.7 Å². The van der Waals surface area contributed by atoms with Crippen molar-refractivity contribution in [1.29, 1.82) is 0 Å². The summed E-state index contributed by atoms with van der Waals surface area (Å²) in [4.78, 5) is 17.7. The zero-order valence-corrected chi connectivity index (χ0v) is 16.9. The normalized spacial score (nSPS) is 19.1. The fraction of sp³-hybridized carbons (Fsp3) is 0.474. The van der Waals surface area contributed by atoms with Gasteiger partial charge < -0.3 is 5.32 Å². The lowest BCUT2D eigenvalue weighted by molar-refractivity contribution is 0.0928. The van der Waals surface area contributed by atoms with E-state index in [4.69, 9.17) is 0 Å². The van der Waals surface area contributed by atoms with Crippen LogP contribution in [0.5, 0.6) is 0 Å². The number of benzene rings is 1. The number of sulfonamides is 1. The van der Waals surface area contributed by atoms with Crippen LogP contribution in [-0.2, 0) is 10.0 Å². The second-order valence-electron chi connectivity index (χ2n) is 7.30. The molecule has 1 N–H and O–H groups in total. The van der Waals surface area contributed by atoms with E-state index in [2.05, 4.69) is 10.3 Å². The molecule has 0 bridgehead atoms. The maximum Gasteiger partial charge on any atom is 0.263 e. The number of aryl methyl sites for hydroxylation is 1. The highest BCUT2D eigenvalue weighted by Crippen LogP contribution is 2.41. The van der Waals surface area contributed by atoms with Crippen molar-refractivity contribution in [2.24, 2.45) is 0 Å². The molecule has 8 heteroatoms. The van der Waals surface area contributed by atoms with Crippen molar-refractivity contribution < 1.29 is 13.2 Å². The van der Waals surface area contributed by atoms with E-state index in [1.54, 1.807) is 18.3 Å². The molecule has 0 spiro atoms. The summed E-state index contributed by atoms with van der Waals surface area (Å²) in [6.07, 6.45) is 5.23. The second kappa shape index (κ2) is 7.33. The molecule has 0 atom stereocenters. The molecule has 27 heavy (non-hydrogen) atoms. The largest absolute Gasteiger partial charge is 0.348 e. The first-order valence-electron chi connectivity index (χ1n) is 9.27. The Morgan fingerprint density at radius 3 is 2.44 bits per heavy atom. The minimum atomic E-state index is -3.47. The maximum absolute atomic E-state index is 12.8. The average molecular weight is 406 g/mol. The number of nitrogens with one attached hydrogen (secondary N) is 1. The Hall–Kier alpha value is -1.77. The molecule has 6 nitrogen and oxygen atoms in total. The number of rotatable bonds is 5. The molecular formula is C19H23N3O3S2. The van der Waals surface area contributed by atoms with Gasteiger partial charge in [-0.15, -0.1) is 11.3 Å². The first-order chi connectivity index (χ1) is 12.9. The molecule has 1 aliphatic heterocycles. The van der Waals surface area contributed by atoms with Crippen LogP contribution in [0.15, 0.2) is 35.4 Å². The Balaban J connectivity index is 1.34. The highest BCUT2D eigenvalue weighted by molar-refractivity contribution is 7.89. The van der Waals surface area contributed by atoms with Crippen LogP contribution < -0.4 is 5.32 Å². The summed E-state index contributed by atoms with van der Waals surface area (Å²) in [6.45, 7) is 2.76. The molecule has 2 fully saturated rings.